The van der Waals surface area contributed by atoms with Crippen molar-refractivity contribution < 1.29 is 89.7 Å². The zero-order valence-corrected chi connectivity index (χ0v) is 28.4. The zero-order valence-electron chi connectivity index (χ0n) is 24.2. The van der Waals surface area contributed by atoms with Crippen LogP contribution in [0.3, 0.4) is 0 Å². The molecule has 43 heavy (non-hydrogen) atoms. The Kier molecular flexibility index (Phi) is 11.8. The SMILES string of the molecule is COc1nc(Cl)nc(Nc2ccc(C=Cc3ccc(Nc4nc(Cl)nc(OC)n4)cc3S(=O)(=O)O)c(S(=O)(=O)[O-])c2)n1.[H+].[H-].[K+]. The molecule has 0 bridgehead atoms. The van der Waals surface area contributed by atoms with E-state index in [4.69, 9.17) is 32.7 Å². The van der Waals surface area contributed by atoms with Crippen LogP contribution >= 0.6 is 23.2 Å². The molecule has 2 aromatic carbocycles. The zero-order chi connectivity index (χ0) is 30.7. The van der Waals surface area contributed by atoms with Crippen LogP contribution in [-0.4, -0.2) is 70.1 Å². The summed E-state index contributed by atoms with van der Waals surface area (Å²) in [4.78, 5) is 21.8. The summed E-state index contributed by atoms with van der Waals surface area (Å²) in [6.45, 7) is 0. The first-order chi connectivity index (χ1) is 19.7. The van der Waals surface area contributed by atoms with Gasteiger partial charge in [-0.2, -0.15) is 38.3 Å². The maximum Gasteiger partial charge on any atom is 1.00 e. The molecule has 0 unspecified atom stereocenters. The number of nitrogens with zero attached hydrogens (tertiary/aromatic N) is 6. The fourth-order valence-corrected chi connectivity index (χ4v) is 5.05. The van der Waals surface area contributed by atoms with Gasteiger partial charge in [-0.25, -0.2) is 8.42 Å². The quantitative estimate of drug-likeness (QED) is 0.116. The molecule has 2 aromatic heterocycles. The van der Waals surface area contributed by atoms with Gasteiger partial charge in [0.25, 0.3) is 10.1 Å². The molecule has 0 amide bonds. The van der Waals surface area contributed by atoms with Crippen LogP contribution in [0.25, 0.3) is 12.2 Å². The molecule has 4 aromatic rings. The number of aromatic nitrogens is 6. The molecule has 21 heteroatoms. The van der Waals surface area contributed by atoms with Crippen molar-refractivity contribution in [3.05, 3.63) is 58.1 Å². The summed E-state index contributed by atoms with van der Waals surface area (Å²) in [6.07, 6.45) is 2.38. The summed E-state index contributed by atoms with van der Waals surface area (Å²) in [5.74, 6) is -0.165. The van der Waals surface area contributed by atoms with E-state index >= 15 is 0 Å². The predicted molar refractivity (Wildman–Crippen MR) is 151 cm³/mol. The Labute approximate surface area is 300 Å². The van der Waals surface area contributed by atoms with Gasteiger partial charge >= 0.3 is 64.8 Å². The third-order valence-electron chi connectivity index (χ3n) is 5.07. The minimum absolute atomic E-state index is 0. The second-order valence-corrected chi connectivity index (χ2v) is 11.3. The van der Waals surface area contributed by atoms with E-state index in [0.29, 0.717) is 0 Å². The van der Waals surface area contributed by atoms with E-state index in [1.807, 2.05) is 0 Å². The summed E-state index contributed by atoms with van der Waals surface area (Å²) in [5.41, 5.74) is 0.113. The number of hydrogen-bond acceptors (Lipinski definition) is 15. The fourth-order valence-electron chi connectivity index (χ4n) is 3.34. The van der Waals surface area contributed by atoms with Gasteiger partial charge in [-0.1, -0.05) is 24.3 Å². The maximum absolute atomic E-state index is 12.2. The van der Waals surface area contributed by atoms with E-state index in [9.17, 15) is 25.9 Å². The number of halogens is 2. The van der Waals surface area contributed by atoms with Crippen molar-refractivity contribution in [2.45, 2.75) is 9.79 Å². The molecule has 0 saturated heterocycles. The molecule has 0 atom stereocenters. The van der Waals surface area contributed by atoms with Gasteiger partial charge in [0.05, 0.1) is 19.1 Å². The smallest absolute Gasteiger partial charge is 1.00 e. The molecule has 222 valence electrons. The molecule has 0 aliphatic rings. The van der Waals surface area contributed by atoms with Crippen molar-refractivity contribution in [3.63, 3.8) is 0 Å². The molecule has 4 rings (SSSR count). The fraction of sp³-hybridized carbons (Fsp3) is 0.0909. The van der Waals surface area contributed by atoms with E-state index in [-0.39, 0.29) is 111 Å². The van der Waals surface area contributed by atoms with Gasteiger partial charge in [-0.05, 0) is 58.6 Å². The topological polar surface area (TPSA) is 231 Å². The first-order valence-corrected chi connectivity index (χ1v) is 14.7. The number of nitrogens with one attached hydrogen (secondary N) is 2. The van der Waals surface area contributed by atoms with Crippen molar-refractivity contribution in [1.29, 1.82) is 0 Å². The Bertz CT molecular complexity index is 1790. The van der Waals surface area contributed by atoms with Crippen molar-refractivity contribution in [1.82, 2.24) is 29.9 Å². The Hall–Kier alpha value is -2.56. The Morgan fingerprint density at radius 2 is 1.21 bits per heavy atom. The molecule has 2 heterocycles. The van der Waals surface area contributed by atoms with Crippen molar-refractivity contribution in [3.8, 4) is 12.0 Å². The number of hydrogen-bond donors (Lipinski definition) is 3. The van der Waals surface area contributed by atoms with Crippen LogP contribution in [0.2, 0.25) is 10.6 Å². The van der Waals surface area contributed by atoms with Gasteiger partial charge in [0.15, 0.2) is 0 Å². The normalized spacial score (nSPS) is 11.6. The molecular weight excluding hydrogens is 678 g/mol. The molecule has 16 nitrogen and oxygen atoms in total. The van der Waals surface area contributed by atoms with Crippen LogP contribution in [0.1, 0.15) is 14.0 Å². The summed E-state index contributed by atoms with van der Waals surface area (Å²) >= 11 is 11.6. The van der Waals surface area contributed by atoms with Gasteiger partial charge in [-0.3, -0.25) is 4.55 Å². The standard InChI is InChI=1S/C22H18Cl2N8O8S2.K.H/c1-39-21-29-17(23)27-19(31-21)25-13-7-5-11(15(9-13)41(33,34)35)3-4-12-6-8-14(10-16(12)42(36,37)38)26-20-28-18(24)30-22(32-20)40-2;;/h3-10H,1-2H3,(H,33,34,35)(H,36,37,38)(H,25,27,29,31)(H,26,28,30,32);;/q;+1;-1. The van der Waals surface area contributed by atoms with Gasteiger partial charge < -0.3 is 26.1 Å². The molecule has 0 fully saturated rings. The predicted octanol–water partition coefficient (Wildman–Crippen LogP) is 0.418. The molecule has 0 spiro atoms. The number of benzene rings is 2. The molecule has 0 saturated carbocycles. The third-order valence-corrected chi connectivity index (χ3v) is 7.21. The van der Waals surface area contributed by atoms with Crippen LogP contribution < -0.4 is 71.5 Å². The van der Waals surface area contributed by atoms with Gasteiger partial charge in [0, 0.05) is 11.4 Å². The maximum atomic E-state index is 12.2. The first-order valence-electron chi connectivity index (χ1n) is 11.1. The molecule has 3 N–H and O–H groups in total. The molecule has 0 aliphatic heterocycles. The largest absolute Gasteiger partial charge is 1.00 e. The van der Waals surface area contributed by atoms with Crippen molar-refractivity contribution in [2.75, 3.05) is 24.9 Å². The van der Waals surface area contributed by atoms with Crippen LogP contribution in [0.4, 0.5) is 23.3 Å². The minimum atomic E-state index is -5.03. The summed E-state index contributed by atoms with van der Waals surface area (Å²) < 4.78 is 80.2. The van der Waals surface area contributed by atoms with Crippen LogP contribution in [0, 0.1) is 0 Å². The van der Waals surface area contributed by atoms with Gasteiger partial charge in [0.2, 0.25) is 22.5 Å². The number of ether oxygens (including phenoxy) is 2. The van der Waals surface area contributed by atoms with Crippen LogP contribution in [0.5, 0.6) is 12.0 Å². The number of methoxy groups -OCH3 is 2. The Morgan fingerprint density at radius 1 is 0.791 bits per heavy atom. The van der Waals surface area contributed by atoms with E-state index in [0.717, 1.165) is 12.1 Å². The van der Waals surface area contributed by atoms with Crippen LogP contribution in [-0.2, 0) is 20.2 Å². The average molecular weight is 698 g/mol. The van der Waals surface area contributed by atoms with E-state index in [1.165, 1.54) is 50.6 Å². The number of rotatable bonds is 10. The Balaban J connectivity index is 0.00000337. The summed E-state index contributed by atoms with van der Waals surface area (Å²) in [6, 6.07) is 7.30. The van der Waals surface area contributed by atoms with Crippen molar-refractivity contribution in [2.24, 2.45) is 0 Å². The third kappa shape index (κ3) is 9.46. The second-order valence-electron chi connectivity index (χ2n) is 7.85. The van der Waals surface area contributed by atoms with E-state index in [2.05, 4.69) is 40.5 Å². The van der Waals surface area contributed by atoms with Gasteiger partial charge in [-0.15, -0.1) is 0 Å². The minimum Gasteiger partial charge on any atom is -1.00 e. The van der Waals surface area contributed by atoms with Gasteiger partial charge in [0.1, 0.15) is 15.0 Å². The molecule has 0 aliphatic carbocycles. The molecule has 0 radical (unpaired) electrons. The number of anilines is 4. The molecular formula is C22H19Cl2KN8O8S2. The Morgan fingerprint density at radius 3 is 1.60 bits per heavy atom. The average Bonchev–Trinajstić information content (AvgIpc) is 2.91. The first kappa shape index (κ1) is 34.9. The summed E-state index contributed by atoms with van der Waals surface area (Å²) in [7, 11) is -7.20. The second kappa shape index (κ2) is 14.5. The van der Waals surface area contributed by atoms with E-state index < -0.39 is 30.0 Å². The monoisotopic (exact) mass is 696 g/mol. The van der Waals surface area contributed by atoms with E-state index in [1.54, 1.807) is 0 Å². The van der Waals surface area contributed by atoms with Crippen LogP contribution in [0.15, 0.2) is 46.2 Å². The van der Waals surface area contributed by atoms with Crippen molar-refractivity contribution >= 4 is 78.9 Å². The summed E-state index contributed by atoms with van der Waals surface area (Å²) in [5, 5.41) is 5.02.